The number of anilines is 1. The Kier molecular flexibility index (Phi) is 3.85. The third kappa shape index (κ3) is 2.87. The largest absolute Gasteiger partial charge is 0.376 e. The molecule has 1 aliphatic rings. The van der Waals surface area contributed by atoms with Crippen LogP contribution in [0.4, 0.5) is 5.82 Å². The van der Waals surface area contributed by atoms with Crippen LogP contribution in [0.5, 0.6) is 0 Å². The first-order chi connectivity index (χ1) is 11.3. The Bertz CT molecular complexity index is 811. The lowest BCUT2D eigenvalue weighted by Crippen LogP contribution is -2.19. The summed E-state index contributed by atoms with van der Waals surface area (Å²) in [5.74, 6) is 0.783. The van der Waals surface area contributed by atoms with Crippen LogP contribution in [0, 0.1) is 0 Å². The maximum Gasteiger partial charge on any atom is 0.168 e. The molecule has 0 aliphatic carbocycles. The van der Waals surface area contributed by atoms with Crippen molar-refractivity contribution in [3.63, 3.8) is 0 Å². The van der Waals surface area contributed by atoms with Gasteiger partial charge in [0.05, 0.1) is 23.4 Å². The van der Waals surface area contributed by atoms with Gasteiger partial charge in [0.1, 0.15) is 12.1 Å². The zero-order valence-corrected chi connectivity index (χ0v) is 13.2. The number of nitrogens with zero attached hydrogens (tertiary/aromatic N) is 4. The van der Waals surface area contributed by atoms with Gasteiger partial charge in [-0.1, -0.05) is 11.6 Å². The highest BCUT2D eigenvalue weighted by molar-refractivity contribution is 6.30. The molecule has 6 nitrogen and oxygen atoms in total. The Morgan fingerprint density at radius 3 is 2.91 bits per heavy atom. The van der Waals surface area contributed by atoms with Crippen LogP contribution in [-0.4, -0.2) is 39.0 Å². The molecule has 1 aliphatic heterocycles. The summed E-state index contributed by atoms with van der Waals surface area (Å²) < 4.78 is 7.42. The molecule has 3 aromatic rings. The van der Waals surface area contributed by atoms with Crippen LogP contribution >= 0.6 is 11.6 Å². The molecule has 1 N–H and O–H groups in total. The second-order valence-corrected chi connectivity index (χ2v) is 5.94. The molecule has 1 saturated heterocycles. The summed E-state index contributed by atoms with van der Waals surface area (Å²) in [5, 5.41) is 9.37. The van der Waals surface area contributed by atoms with Crippen LogP contribution in [-0.2, 0) is 4.74 Å². The van der Waals surface area contributed by atoms with Gasteiger partial charge in [0.15, 0.2) is 5.65 Å². The van der Waals surface area contributed by atoms with Gasteiger partial charge in [0.25, 0.3) is 0 Å². The number of halogens is 1. The lowest BCUT2D eigenvalue weighted by molar-refractivity contribution is 0.120. The Hall–Kier alpha value is -2.18. The number of aromatic nitrogens is 4. The molecule has 0 unspecified atom stereocenters. The fraction of sp³-hybridized carbons (Fsp3) is 0.312. The SMILES string of the molecule is Clc1ccc(-n2ncc3c(NC[C@H]4CCCO4)ncnc32)cc1. The highest BCUT2D eigenvalue weighted by Gasteiger charge is 2.17. The highest BCUT2D eigenvalue weighted by atomic mass is 35.5. The smallest absolute Gasteiger partial charge is 0.168 e. The molecule has 0 radical (unpaired) electrons. The van der Waals surface area contributed by atoms with Gasteiger partial charge in [-0.2, -0.15) is 5.10 Å². The van der Waals surface area contributed by atoms with E-state index in [1.54, 1.807) is 17.2 Å². The van der Waals surface area contributed by atoms with Crippen LogP contribution in [0.25, 0.3) is 16.7 Å². The monoisotopic (exact) mass is 329 g/mol. The van der Waals surface area contributed by atoms with Gasteiger partial charge in [0.2, 0.25) is 0 Å². The average Bonchev–Trinajstić information content (AvgIpc) is 3.23. The Labute approximate surface area is 138 Å². The van der Waals surface area contributed by atoms with Crippen molar-refractivity contribution in [3.8, 4) is 5.69 Å². The molecule has 23 heavy (non-hydrogen) atoms. The third-order valence-electron chi connectivity index (χ3n) is 3.96. The van der Waals surface area contributed by atoms with Gasteiger partial charge in [-0.25, -0.2) is 14.6 Å². The summed E-state index contributed by atoms with van der Waals surface area (Å²) in [4.78, 5) is 8.70. The van der Waals surface area contributed by atoms with E-state index in [1.165, 1.54) is 0 Å². The number of ether oxygens (including phenoxy) is 1. The molecule has 2 aromatic heterocycles. The maximum atomic E-state index is 5.94. The van der Waals surface area contributed by atoms with Crippen LogP contribution in [0.2, 0.25) is 5.02 Å². The van der Waals surface area contributed by atoms with Crippen molar-refractivity contribution in [3.05, 3.63) is 41.8 Å². The van der Waals surface area contributed by atoms with Gasteiger partial charge < -0.3 is 10.1 Å². The van der Waals surface area contributed by atoms with Crippen molar-refractivity contribution in [2.75, 3.05) is 18.5 Å². The van der Waals surface area contributed by atoms with E-state index in [0.717, 1.165) is 48.5 Å². The molecule has 0 spiro atoms. The number of nitrogens with one attached hydrogen (secondary N) is 1. The summed E-state index contributed by atoms with van der Waals surface area (Å²) in [7, 11) is 0. The zero-order valence-electron chi connectivity index (χ0n) is 12.4. The predicted molar refractivity (Wildman–Crippen MR) is 89.1 cm³/mol. The quantitative estimate of drug-likeness (QED) is 0.797. The standard InChI is InChI=1S/C16H16ClN5O/c17-11-3-5-12(6-4-11)22-16-14(9-21-22)15(19-10-20-16)18-8-13-2-1-7-23-13/h3-6,9-10,13H,1-2,7-8H2,(H,18,19,20)/t13-/m1/s1. The third-order valence-corrected chi connectivity index (χ3v) is 4.21. The van der Waals surface area contributed by atoms with Crippen LogP contribution in [0.1, 0.15) is 12.8 Å². The minimum absolute atomic E-state index is 0.256. The number of fused-ring (bicyclic) bond motifs is 1. The molecule has 0 saturated carbocycles. The van der Waals surface area contributed by atoms with Crippen molar-refractivity contribution in [2.24, 2.45) is 0 Å². The zero-order chi connectivity index (χ0) is 15.6. The Morgan fingerprint density at radius 1 is 1.26 bits per heavy atom. The van der Waals surface area contributed by atoms with Gasteiger partial charge in [-0.15, -0.1) is 0 Å². The van der Waals surface area contributed by atoms with Crippen molar-refractivity contribution >= 4 is 28.5 Å². The summed E-state index contributed by atoms with van der Waals surface area (Å²) in [6, 6.07) is 7.50. The number of benzene rings is 1. The van der Waals surface area contributed by atoms with Crippen molar-refractivity contribution in [1.82, 2.24) is 19.7 Å². The van der Waals surface area contributed by atoms with E-state index in [1.807, 2.05) is 24.3 Å². The minimum atomic E-state index is 0.256. The lowest BCUT2D eigenvalue weighted by Gasteiger charge is -2.11. The number of rotatable bonds is 4. The van der Waals surface area contributed by atoms with Crippen molar-refractivity contribution < 1.29 is 4.74 Å². The minimum Gasteiger partial charge on any atom is -0.376 e. The Morgan fingerprint density at radius 2 is 2.13 bits per heavy atom. The van der Waals surface area contributed by atoms with E-state index >= 15 is 0 Å². The van der Waals surface area contributed by atoms with Gasteiger partial charge in [0, 0.05) is 18.2 Å². The fourth-order valence-corrected chi connectivity index (χ4v) is 2.90. The van der Waals surface area contributed by atoms with E-state index in [2.05, 4.69) is 20.4 Å². The van der Waals surface area contributed by atoms with E-state index in [-0.39, 0.29) is 6.10 Å². The summed E-state index contributed by atoms with van der Waals surface area (Å²) in [5.41, 5.74) is 1.67. The predicted octanol–water partition coefficient (Wildman–Crippen LogP) is 3.06. The molecule has 0 amide bonds. The second kappa shape index (κ2) is 6.14. The topological polar surface area (TPSA) is 64.9 Å². The maximum absolute atomic E-state index is 5.94. The van der Waals surface area contributed by atoms with Gasteiger partial charge >= 0.3 is 0 Å². The normalized spacial score (nSPS) is 17.7. The van der Waals surface area contributed by atoms with E-state index < -0.39 is 0 Å². The molecule has 4 rings (SSSR count). The van der Waals surface area contributed by atoms with E-state index in [0.29, 0.717) is 5.02 Å². The first-order valence-corrected chi connectivity index (χ1v) is 7.99. The molecular formula is C16H16ClN5O. The first kappa shape index (κ1) is 14.4. The molecule has 1 aromatic carbocycles. The van der Waals surface area contributed by atoms with Gasteiger partial charge in [-0.05, 0) is 37.1 Å². The molecule has 0 bridgehead atoms. The average molecular weight is 330 g/mol. The molecular weight excluding hydrogens is 314 g/mol. The molecule has 1 atom stereocenters. The molecule has 3 heterocycles. The number of hydrogen-bond acceptors (Lipinski definition) is 5. The number of hydrogen-bond donors (Lipinski definition) is 1. The van der Waals surface area contributed by atoms with Crippen molar-refractivity contribution in [2.45, 2.75) is 18.9 Å². The first-order valence-electron chi connectivity index (χ1n) is 7.61. The van der Waals surface area contributed by atoms with Crippen molar-refractivity contribution in [1.29, 1.82) is 0 Å². The summed E-state index contributed by atoms with van der Waals surface area (Å²) in [6.07, 6.45) is 5.80. The lowest BCUT2D eigenvalue weighted by atomic mass is 10.2. The molecule has 7 heteroatoms. The van der Waals surface area contributed by atoms with E-state index in [4.69, 9.17) is 16.3 Å². The summed E-state index contributed by atoms with van der Waals surface area (Å²) >= 11 is 5.94. The fourth-order valence-electron chi connectivity index (χ4n) is 2.77. The van der Waals surface area contributed by atoms with Crippen LogP contribution in [0.3, 0.4) is 0 Å². The molecule has 118 valence electrons. The highest BCUT2D eigenvalue weighted by Crippen LogP contribution is 2.23. The second-order valence-electron chi connectivity index (χ2n) is 5.51. The van der Waals surface area contributed by atoms with Crippen LogP contribution < -0.4 is 5.32 Å². The van der Waals surface area contributed by atoms with Gasteiger partial charge in [-0.3, -0.25) is 0 Å². The van der Waals surface area contributed by atoms with E-state index in [9.17, 15) is 0 Å². The summed E-state index contributed by atoms with van der Waals surface area (Å²) in [6.45, 7) is 1.60. The van der Waals surface area contributed by atoms with Crippen LogP contribution in [0.15, 0.2) is 36.8 Å². The molecule has 1 fully saturated rings. The Balaban J connectivity index is 1.64.